The van der Waals surface area contributed by atoms with E-state index in [0.29, 0.717) is 10.9 Å². The van der Waals surface area contributed by atoms with Crippen LogP contribution in [-0.2, 0) is 6.42 Å². The molecule has 0 atom stereocenters. The van der Waals surface area contributed by atoms with E-state index in [9.17, 15) is 8.78 Å². The molecule has 0 radical (unpaired) electrons. The van der Waals surface area contributed by atoms with Gasteiger partial charge in [0.25, 0.3) is 6.43 Å². The minimum atomic E-state index is -2.49. The Hall–Kier alpha value is -1.45. The zero-order chi connectivity index (χ0) is 10.1. The van der Waals surface area contributed by atoms with Crippen molar-refractivity contribution in [2.45, 2.75) is 19.8 Å². The fourth-order valence-corrected chi connectivity index (χ4v) is 1.46. The highest BCUT2D eigenvalue weighted by atomic mass is 19.3. The monoisotopic (exact) mass is 196 g/mol. The van der Waals surface area contributed by atoms with Crippen molar-refractivity contribution in [3.63, 3.8) is 0 Å². The molecule has 14 heavy (non-hydrogen) atoms. The average Bonchev–Trinajstić information content (AvgIpc) is 2.59. The summed E-state index contributed by atoms with van der Waals surface area (Å²) < 4.78 is 25.0. The second-order valence-corrected chi connectivity index (χ2v) is 3.14. The molecule has 2 rings (SSSR count). The van der Waals surface area contributed by atoms with Crippen molar-refractivity contribution in [3.8, 4) is 0 Å². The third kappa shape index (κ3) is 1.36. The summed E-state index contributed by atoms with van der Waals surface area (Å²) in [7, 11) is 0. The number of nitrogens with one attached hydrogen (secondary N) is 1. The van der Waals surface area contributed by atoms with Crippen molar-refractivity contribution >= 4 is 10.9 Å². The Labute approximate surface area is 79.9 Å². The molecule has 1 aromatic heterocycles. The fraction of sp³-hybridized carbons (Fsp3) is 0.300. The van der Waals surface area contributed by atoms with Gasteiger partial charge >= 0.3 is 0 Å². The summed E-state index contributed by atoms with van der Waals surface area (Å²) in [6.07, 6.45) is -1.66. The van der Waals surface area contributed by atoms with Crippen molar-refractivity contribution in [1.29, 1.82) is 0 Å². The van der Waals surface area contributed by atoms with Crippen LogP contribution in [0.15, 0.2) is 18.2 Å². The van der Waals surface area contributed by atoms with Crippen LogP contribution in [0, 0.1) is 0 Å². The third-order valence-electron chi connectivity index (χ3n) is 2.27. The minimum absolute atomic E-state index is 0.0877. The molecule has 2 aromatic rings. The number of aromatic nitrogens is 2. The first-order valence-corrected chi connectivity index (χ1v) is 4.47. The first-order chi connectivity index (χ1) is 6.72. The van der Waals surface area contributed by atoms with Crippen LogP contribution >= 0.6 is 0 Å². The van der Waals surface area contributed by atoms with Crippen molar-refractivity contribution in [2.75, 3.05) is 0 Å². The summed E-state index contributed by atoms with van der Waals surface area (Å²) in [5, 5.41) is 6.70. The summed E-state index contributed by atoms with van der Waals surface area (Å²) >= 11 is 0. The van der Waals surface area contributed by atoms with E-state index in [0.717, 1.165) is 12.0 Å². The lowest BCUT2D eigenvalue weighted by Crippen LogP contribution is -1.85. The van der Waals surface area contributed by atoms with Crippen molar-refractivity contribution in [3.05, 3.63) is 29.5 Å². The zero-order valence-corrected chi connectivity index (χ0v) is 7.72. The minimum Gasteiger partial charge on any atom is -0.276 e. The molecule has 0 bridgehead atoms. The number of alkyl halides is 2. The number of hydrogen-bond donors (Lipinski definition) is 1. The van der Waals surface area contributed by atoms with Crippen molar-refractivity contribution in [2.24, 2.45) is 0 Å². The highest BCUT2D eigenvalue weighted by Gasteiger charge is 2.14. The Kier molecular flexibility index (Phi) is 2.19. The van der Waals surface area contributed by atoms with Gasteiger partial charge in [0.15, 0.2) is 0 Å². The Balaban J connectivity index is 2.63. The second kappa shape index (κ2) is 3.36. The number of halogens is 2. The van der Waals surface area contributed by atoms with Crippen LogP contribution < -0.4 is 0 Å². The van der Waals surface area contributed by atoms with E-state index in [1.807, 2.05) is 13.0 Å². The number of H-pyrrole nitrogens is 1. The van der Waals surface area contributed by atoms with Crippen LogP contribution in [0.1, 0.15) is 24.6 Å². The molecule has 0 saturated carbocycles. The van der Waals surface area contributed by atoms with Gasteiger partial charge in [-0.2, -0.15) is 5.10 Å². The molecule has 4 heteroatoms. The molecule has 0 aliphatic carbocycles. The Morgan fingerprint density at radius 3 is 2.86 bits per heavy atom. The molecular weight excluding hydrogens is 186 g/mol. The highest BCUT2D eigenvalue weighted by Crippen LogP contribution is 2.25. The van der Waals surface area contributed by atoms with E-state index >= 15 is 0 Å². The number of fused-ring (bicyclic) bond motifs is 1. The predicted octanol–water partition coefficient (Wildman–Crippen LogP) is 3.06. The Bertz CT molecular complexity index is 448. The SMILES string of the molecule is CCc1ccc2n[nH]c(C(F)F)c2c1. The van der Waals surface area contributed by atoms with Gasteiger partial charge in [-0.1, -0.05) is 13.0 Å². The van der Waals surface area contributed by atoms with E-state index in [1.54, 1.807) is 12.1 Å². The maximum Gasteiger partial charge on any atom is 0.280 e. The van der Waals surface area contributed by atoms with Gasteiger partial charge in [-0.15, -0.1) is 0 Å². The summed E-state index contributed by atoms with van der Waals surface area (Å²) in [6.45, 7) is 1.99. The van der Waals surface area contributed by atoms with Crippen LogP contribution in [0.5, 0.6) is 0 Å². The Morgan fingerprint density at radius 1 is 1.43 bits per heavy atom. The normalized spacial score (nSPS) is 11.4. The first kappa shape index (κ1) is 9.12. The van der Waals surface area contributed by atoms with Gasteiger partial charge in [-0.05, 0) is 24.1 Å². The molecule has 1 N–H and O–H groups in total. The molecule has 0 aliphatic rings. The molecule has 0 unspecified atom stereocenters. The van der Waals surface area contributed by atoms with Crippen LogP contribution in [0.3, 0.4) is 0 Å². The molecule has 1 aromatic carbocycles. The van der Waals surface area contributed by atoms with Crippen LogP contribution in [-0.4, -0.2) is 10.2 Å². The van der Waals surface area contributed by atoms with Crippen molar-refractivity contribution < 1.29 is 8.78 Å². The molecule has 0 spiro atoms. The van der Waals surface area contributed by atoms with Crippen LogP contribution in [0.4, 0.5) is 8.78 Å². The molecule has 1 heterocycles. The van der Waals surface area contributed by atoms with E-state index in [-0.39, 0.29) is 5.69 Å². The number of rotatable bonds is 2. The van der Waals surface area contributed by atoms with Gasteiger partial charge in [-0.25, -0.2) is 8.78 Å². The van der Waals surface area contributed by atoms with E-state index in [1.165, 1.54) is 0 Å². The Morgan fingerprint density at radius 2 is 2.21 bits per heavy atom. The number of aryl methyl sites for hydroxylation is 1. The van der Waals surface area contributed by atoms with Crippen LogP contribution in [0.25, 0.3) is 10.9 Å². The lowest BCUT2D eigenvalue weighted by atomic mass is 10.1. The number of nitrogens with zero attached hydrogens (tertiary/aromatic N) is 1. The van der Waals surface area contributed by atoms with Crippen LogP contribution in [0.2, 0.25) is 0 Å². The van der Waals surface area contributed by atoms with Gasteiger partial charge in [0, 0.05) is 5.39 Å². The third-order valence-corrected chi connectivity index (χ3v) is 2.27. The zero-order valence-electron chi connectivity index (χ0n) is 7.72. The van der Waals surface area contributed by atoms with Gasteiger partial charge < -0.3 is 0 Å². The molecule has 74 valence electrons. The number of hydrogen-bond acceptors (Lipinski definition) is 1. The summed E-state index contributed by atoms with van der Waals surface area (Å²) in [5.74, 6) is 0. The molecule has 0 aliphatic heterocycles. The molecule has 0 saturated heterocycles. The van der Waals surface area contributed by atoms with E-state index in [2.05, 4.69) is 10.2 Å². The highest BCUT2D eigenvalue weighted by molar-refractivity contribution is 5.82. The second-order valence-electron chi connectivity index (χ2n) is 3.14. The summed E-state index contributed by atoms with van der Waals surface area (Å²) in [6, 6.07) is 5.43. The van der Waals surface area contributed by atoms with Crippen molar-refractivity contribution in [1.82, 2.24) is 10.2 Å². The molecule has 0 fully saturated rings. The van der Waals surface area contributed by atoms with E-state index in [4.69, 9.17) is 0 Å². The van der Waals surface area contributed by atoms with E-state index < -0.39 is 6.43 Å². The quantitative estimate of drug-likeness (QED) is 0.785. The topological polar surface area (TPSA) is 28.7 Å². The summed E-state index contributed by atoms with van der Waals surface area (Å²) in [5.41, 5.74) is 1.55. The number of benzene rings is 1. The molecule has 0 amide bonds. The lowest BCUT2D eigenvalue weighted by Gasteiger charge is -1.98. The maximum atomic E-state index is 12.5. The van der Waals surface area contributed by atoms with Gasteiger partial charge in [0.1, 0.15) is 5.69 Å². The smallest absolute Gasteiger partial charge is 0.276 e. The summed E-state index contributed by atoms with van der Waals surface area (Å²) in [4.78, 5) is 0. The van der Waals surface area contributed by atoms with Gasteiger partial charge in [0.2, 0.25) is 0 Å². The average molecular weight is 196 g/mol. The van der Waals surface area contributed by atoms with Gasteiger partial charge in [-0.3, -0.25) is 5.10 Å². The predicted molar refractivity (Wildman–Crippen MR) is 50.4 cm³/mol. The fourth-order valence-electron chi connectivity index (χ4n) is 1.46. The maximum absolute atomic E-state index is 12.5. The number of aromatic amines is 1. The largest absolute Gasteiger partial charge is 0.280 e. The standard InChI is InChI=1S/C10H10F2N2/c1-2-6-3-4-8-7(5-6)9(10(11)12)14-13-8/h3-5,10H,2H2,1H3,(H,13,14). The first-order valence-electron chi connectivity index (χ1n) is 4.47. The van der Waals surface area contributed by atoms with Gasteiger partial charge in [0.05, 0.1) is 5.52 Å². The molecular formula is C10H10F2N2. The molecule has 2 nitrogen and oxygen atoms in total. The lowest BCUT2D eigenvalue weighted by molar-refractivity contribution is 0.147.